The van der Waals surface area contributed by atoms with Gasteiger partial charge in [0.2, 0.25) is 0 Å². The van der Waals surface area contributed by atoms with Crippen LogP contribution in [0, 0.1) is 5.82 Å². The van der Waals surface area contributed by atoms with E-state index in [1.54, 1.807) is 30.3 Å². The largest absolute Gasteiger partial charge is 0.480 e. The Morgan fingerprint density at radius 3 is 2.50 bits per heavy atom. The first-order chi connectivity index (χ1) is 16.3. The highest BCUT2D eigenvalue weighted by Crippen LogP contribution is 2.46. The van der Waals surface area contributed by atoms with Gasteiger partial charge in [0.25, 0.3) is 5.56 Å². The smallest absolute Gasteiger partial charge is 0.323 e. The standard InChI is InChI=1S/C26H21ClFN3O3/c1-15-24(21-12-17(27)8-11-22(21)30(15)14-23(32)33)25-19-4-2-3-5-20(19)26(34)31(29-25)13-16-6-9-18(28)10-7-16/h2-12,15,24H,13-14H2,1H3,(H,32,33). The molecule has 4 aromatic rings. The van der Waals surface area contributed by atoms with Gasteiger partial charge in [0, 0.05) is 22.1 Å². The monoisotopic (exact) mass is 477 g/mol. The first-order valence-electron chi connectivity index (χ1n) is 10.9. The van der Waals surface area contributed by atoms with Crippen LogP contribution in [-0.2, 0) is 11.3 Å². The van der Waals surface area contributed by atoms with Crippen molar-refractivity contribution >= 4 is 34.0 Å². The van der Waals surface area contributed by atoms with E-state index >= 15 is 0 Å². The molecule has 2 heterocycles. The van der Waals surface area contributed by atoms with E-state index < -0.39 is 5.97 Å². The van der Waals surface area contributed by atoms with Crippen molar-refractivity contribution in [3.63, 3.8) is 0 Å². The summed E-state index contributed by atoms with van der Waals surface area (Å²) in [6, 6.07) is 18.4. The number of carboxylic acid groups (broad SMARTS) is 1. The summed E-state index contributed by atoms with van der Waals surface area (Å²) in [6.45, 7) is 1.96. The van der Waals surface area contributed by atoms with Gasteiger partial charge in [-0.15, -0.1) is 0 Å². The number of halogens is 2. The SMILES string of the molecule is CC1C(c2nn(Cc3ccc(F)cc3)c(=O)c3ccccc23)c2cc(Cl)ccc2N1CC(=O)O. The third-order valence-electron chi connectivity index (χ3n) is 6.35. The molecule has 2 unspecified atom stereocenters. The molecule has 8 heteroatoms. The number of nitrogens with zero attached hydrogens (tertiary/aromatic N) is 3. The molecular weight excluding hydrogens is 457 g/mol. The average Bonchev–Trinajstić information content (AvgIpc) is 3.07. The maximum atomic E-state index is 13.4. The van der Waals surface area contributed by atoms with Gasteiger partial charge < -0.3 is 10.0 Å². The van der Waals surface area contributed by atoms with Gasteiger partial charge >= 0.3 is 5.97 Å². The van der Waals surface area contributed by atoms with Crippen molar-refractivity contribution < 1.29 is 14.3 Å². The van der Waals surface area contributed by atoms with Gasteiger partial charge in [-0.25, -0.2) is 9.07 Å². The van der Waals surface area contributed by atoms with Crippen molar-refractivity contribution in [3.05, 3.63) is 105 Å². The molecule has 1 aromatic heterocycles. The summed E-state index contributed by atoms with van der Waals surface area (Å²) in [6.07, 6.45) is 0. The fraction of sp³-hybridized carbons (Fsp3) is 0.192. The lowest BCUT2D eigenvalue weighted by Gasteiger charge is -2.26. The lowest BCUT2D eigenvalue weighted by atomic mass is 9.89. The summed E-state index contributed by atoms with van der Waals surface area (Å²) >= 11 is 6.33. The zero-order valence-corrected chi connectivity index (χ0v) is 19.0. The van der Waals surface area contributed by atoms with Crippen LogP contribution in [0.1, 0.15) is 29.7 Å². The fourth-order valence-electron chi connectivity index (χ4n) is 4.81. The number of aromatic nitrogens is 2. The number of carbonyl (C=O) groups is 1. The maximum absolute atomic E-state index is 13.4. The summed E-state index contributed by atoms with van der Waals surface area (Å²) in [5, 5.41) is 16.1. The molecule has 2 atom stereocenters. The van der Waals surface area contributed by atoms with Gasteiger partial charge in [0.1, 0.15) is 12.4 Å². The van der Waals surface area contributed by atoms with E-state index in [0.29, 0.717) is 21.5 Å². The Labute approximate surface area is 199 Å². The molecule has 0 fully saturated rings. The second kappa shape index (κ2) is 8.57. The van der Waals surface area contributed by atoms with Crippen molar-refractivity contribution in [2.24, 2.45) is 0 Å². The molecule has 0 aliphatic carbocycles. The molecule has 1 N–H and O–H groups in total. The molecule has 0 saturated heterocycles. The number of hydrogen-bond donors (Lipinski definition) is 1. The predicted octanol–water partition coefficient (Wildman–Crippen LogP) is 4.66. The van der Waals surface area contributed by atoms with Crippen LogP contribution < -0.4 is 10.5 Å². The van der Waals surface area contributed by atoms with Crippen molar-refractivity contribution in [1.29, 1.82) is 0 Å². The second-order valence-electron chi connectivity index (χ2n) is 8.46. The predicted molar refractivity (Wildman–Crippen MR) is 129 cm³/mol. The van der Waals surface area contributed by atoms with Gasteiger partial charge in [-0.1, -0.05) is 41.9 Å². The van der Waals surface area contributed by atoms with Crippen LogP contribution >= 0.6 is 11.6 Å². The van der Waals surface area contributed by atoms with Crippen molar-refractivity contribution in [3.8, 4) is 0 Å². The zero-order chi connectivity index (χ0) is 24.0. The Kier molecular flexibility index (Phi) is 5.57. The fourth-order valence-corrected chi connectivity index (χ4v) is 4.99. The van der Waals surface area contributed by atoms with E-state index in [4.69, 9.17) is 16.7 Å². The first-order valence-corrected chi connectivity index (χ1v) is 11.2. The number of aliphatic carboxylic acids is 1. The van der Waals surface area contributed by atoms with Gasteiger partial charge in [0.15, 0.2) is 0 Å². The molecule has 1 aliphatic heterocycles. The van der Waals surface area contributed by atoms with Crippen LogP contribution in [0.15, 0.2) is 71.5 Å². The lowest BCUT2D eigenvalue weighted by molar-refractivity contribution is -0.135. The second-order valence-corrected chi connectivity index (χ2v) is 8.90. The molecule has 5 rings (SSSR count). The van der Waals surface area contributed by atoms with Gasteiger partial charge in [-0.2, -0.15) is 5.10 Å². The van der Waals surface area contributed by atoms with E-state index in [0.717, 1.165) is 16.8 Å². The van der Waals surface area contributed by atoms with Gasteiger partial charge in [0.05, 0.1) is 23.5 Å². The van der Waals surface area contributed by atoms with Crippen LogP contribution in [0.5, 0.6) is 0 Å². The highest BCUT2D eigenvalue weighted by molar-refractivity contribution is 6.30. The molecular formula is C26H21ClFN3O3. The third kappa shape index (κ3) is 3.82. The summed E-state index contributed by atoms with van der Waals surface area (Å²) in [5.41, 5.74) is 2.81. The number of hydrogen-bond acceptors (Lipinski definition) is 4. The van der Waals surface area contributed by atoms with Crippen LogP contribution in [0.2, 0.25) is 5.02 Å². The normalized spacial score (nSPS) is 17.2. The summed E-state index contributed by atoms with van der Waals surface area (Å²) in [5.74, 6) is -1.60. The number of fused-ring (bicyclic) bond motifs is 2. The van der Waals surface area contributed by atoms with Crippen LogP contribution in [-0.4, -0.2) is 33.4 Å². The van der Waals surface area contributed by atoms with E-state index in [1.165, 1.54) is 16.8 Å². The number of rotatable bonds is 5. The minimum absolute atomic E-state index is 0.167. The lowest BCUT2D eigenvalue weighted by Crippen LogP contribution is -2.37. The highest BCUT2D eigenvalue weighted by Gasteiger charge is 2.39. The third-order valence-corrected chi connectivity index (χ3v) is 6.59. The Hall–Kier alpha value is -3.71. The quantitative estimate of drug-likeness (QED) is 0.452. The van der Waals surface area contributed by atoms with E-state index in [9.17, 15) is 19.1 Å². The number of anilines is 1. The number of benzene rings is 3. The summed E-state index contributed by atoms with van der Waals surface area (Å²) in [7, 11) is 0. The topological polar surface area (TPSA) is 75.4 Å². The Morgan fingerprint density at radius 2 is 1.79 bits per heavy atom. The van der Waals surface area contributed by atoms with Crippen LogP contribution in [0.3, 0.4) is 0 Å². The van der Waals surface area contributed by atoms with Gasteiger partial charge in [-0.05, 0) is 54.4 Å². The van der Waals surface area contributed by atoms with E-state index in [-0.39, 0.29) is 36.4 Å². The molecule has 0 bridgehead atoms. The minimum Gasteiger partial charge on any atom is -0.480 e. The minimum atomic E-state index is -0.938. The zero-order valence-electron chi connectivity index (χ0n) is 18.3. The van der Waals surface area contributed by atoms with E-state index in [1.807, 2.05) is 36.1 Å². The molecule has 0 radical (unpaired) electrons. The first kappa shape index (κ1) is 22.1. The molecule has 1 aliphatic rings. The van der Waals surface area contributed by atoms with Crippen molar-refractivity contribution in [1.82, 2.24) is 9.78 Å². The molecule has 0 saturated carbocycles. The summed E-state index contributed by atoms with van der Waals surface area (Å²) in [4.78, 5) is 26.7. The Bertz CT molecular complexity index is 1470. The molecule has 172 valence electrons. The van der Waals surface area contributed by atoms with Crippen molar-refractivity contribution in [2.75, 3.05) is 11.4 Å². The van der Waals surface area contributed by atoms with E-state index in [2.05, 4.69) is 0 Å². The molecule has 0 amide bonds. The summed E-state index contributed by atoms with van der Waals surface area (Å²) < 4.78 is 14.8. The molecule has 3 aromatic carbocycles. The van der Waals surface area contributed by atoms with Gasteiger partial charge in [-0.3, -0.25) is 9.59 Å². The molecule has 6 nitrogen and oxygen atoms in total. The average molecular weight is 478 g/mol. The molecule has 34 heavy (non-hydrogen) atoms. The Balaban J connectivity index is 1.71. The number of carboxylic acids is 1. The highest BCUT2D eigenvalue weighted by atomic mass is 35.5. The van der Waals surface area contributed by atoms with Crippen molar-refractivity contribution in [2.45, 2.75) is 25.4 Å². The maximum Gasteiger partial charge on any atom is 0.323 e. The van der Waals surface area contributed by atoms with Crippen LogP contribution in [0.25, 0.3) is 10.8 Å². The molecule has 0 spiro atoms. The Morgan fingerprint density at radius 1 is 1.09 bits per heavy atom. The van der Waals surface area contributed by atoms with Crippen LogP contribution in [0.4, 0.5) is 10.1 Å².